The standard InChI is InChI=1S/C22H22FN3O3/c1-14-11-17(23)6-9-19(14)26-13-16(12-21(26)27)22-24-20(29-25-22)10-5-15-3-7-18(28-2)8-4-15/h3-4,6-9,11,16H,5,10,12-13H2,1-2H3. The Hall–Kier alpha value is -3.22. The van der Waals surface area contributed by atoms with Crippen molar-refractivity contribution in [3.8, 4) is 5.75 Å². The number of ether oxygens (including phenoxy) is 1. The molecule has 2 heterocycles. The van der Waals surface area contributed by atoms with E-state index in [0.29, 0.717) is 31.1 Å². The molecule has 1 amide bonds. The summed E-state index contributed by atoms with van der Waals surface area (Å²) in [5, 5.41) is 4.09. The molecule has 6 nitrogen and oxygen atoms in total. The molecule has 0 bridgehead atoms. The summed E-state index contributed by atoms with van der Waals surface area (Å²) in [7, 11) is 1.64. The molecule has 0 radical (unpaired) electrons. The molecule has 1 saturated heterocycles. The summed E-state index contributed by atoms with van der Waals surface area (Å²) in [6.45, 7) is 2.26. The van der Waals surface area contributed by atoms with Crippen LogP contribution in [0.5, 0.6) is 5.75 Å². The summed E-state index contributed by atoms with van der Waals surface area (Å²) in [5.74, 6) is 1.46. The Morgan fingerprint density at radius 2 is 2.00 bits per heavy atom. The lowest BCUT2D eigenvalue weighted by molar-refractivity contribution is -0.117. The SMILES string of the molecule is COc1ccc(CCc2nc(C3CC(=O)N(c4ccc(F)cc4C)C3)no2)cc1. The number of nitrogens with zero attached hydrogens (tertiary/aromatic N) is 3. The topological polar surface area (TPSA) is 68.5 Å². The predicted molar refractivity (Wildman–Crippen MR) is 106 cm³/mol. The number of methoxy groups -OCH3 is 1. The molecule has 4 rings (SSSR count). The van der Waals surface area contributed by atoms with E-state index in [4.69, 9.17) is 9.26 Å². The van der Waals surface area contributed by atoms with Crippen molar-refractivity contribution in [2.75, 3.05) is 18.6 Å². The lowest BCUT2D eigenvalue weighted by Crippen LogP contribution is -2.25. The van der Waals surface area contributed by atoms with Crippen LogP contribution in [0.15, 0.2) is 47.0 Å². The average molecular weight is 395 g/mol. The molecular formula is C22H22FN3O3. The van der Waals surface area contributed by atoms with Gasteiger partial charge in [-0.05, 0) is 54.8 Å². The second kappa shape index (κ2) is 8.03. The van der Waals surface area contributed by atoms with Gasteiger partial charge in [-0.2, -0.15) is 4.98 Å². The number of benzene rings is 2. The van der Waals surface area contributed by atoms with Gasteiger partial charge in [0.1, 0.15) is 11.6 Å². The van der Waals surface area contributed by atoms with E-state index in [9.17, 15) is 9.18 Å². The minimum atomic E-state index is -0.311. The fraction of sp³-hybridized carbons (Fsp3) is 0.318. The van der Waals surface area contributed by atoms with Crippen molar-refractivity contribution in [1.82, 2.24) is 10.1 Å². The largest absolute Gasteiger partial charge is 0.497 e. The molecule has 1 aromatic heterocycles. The molecule has 1 unspecified atom stereocenters. The number of rotatable bonds is 6. The van der Waals surface area contributed by atoms with Gasteiger partial charge in [0.15, 0.2) is 5.82 Å². The first kappa shape index (κ1) is 19.1. The number of hydrogen-bond donors (Lipinski definition) is 0. The third-order valence-electron chi connectivity index (χ3n) is 5.21. The molecule has 1 aliphatic heterocycles. The van der Waals surface area contributed by atoms with Crippen LogP contribution in [0.2, 0.25) is 0 Å². The Bertz CT molecular complexity index is 1020. The number of carbonyl (C=O) groups excluding carboxylic acids is 1. The summed E-state index contributed by atoms with van der Waals surface area (Å²) in [6.07, 6.45) is 1.71. The van der Waals surface area contributed by atoms with E-state index >= 15 is 0 Å². The van der Waals surface area contributed by atoms with E-state index in [1.165, 1.54) is 12.1 Å². The Balaban J connectivity index is 1.40. The van der Waals surface area contributed by atoms with Crippen molar-refractivity contribution in [2.24, 2.45) is 0 Å². The highest BCUT2D eigenvalue weighted by atomic mass is 19.1. The van der Waals surface area contributed by atoms with Crippen LogP contribution in [-0.4, -0.2) is 29.7 Å². The molecule has 1 fully saturated rings. The fourth-order valence-electron chi connectivity index (χ4n) is 3.61. The van der Waals surface area contributed by atoms with Crippen LogP contribution in [0, 0.1) is 12.7 Å². The van der Waals surface area contributed by atoms with Crippen LogP contribution in [0.25, 0.3) is 0 Å². The highest BCUT2D eigenvalue weighted by molar-refractivity contribution is 5.97. The first-order chi connectivity index (χ1) is 14.0. The molecule has 0 spiro atoms. The number of anilines is 1. The van der Waals surface area contributed by atoms with Gasteiger partial charge in [-0.1, -0.05) is 17.3 Å². The lowest BCUT2D eigenvalue weighted by Gasteiger charge is -2.18. The molecule has 0 N–H and O–H groups in total. The van der Waals surface area contributed by atoms with Crippen LogP contribution in [0.3, 0.4) is 0 Å². The Morgan fingerprint density at radius 1 is 1.21 bits per heavy atom. The van der Waals surface area contributed by atoms with Gasteiger partial charge in [-0.15, -0.1) is 0 Å². The minimum absolute atomic E-state index is 0.0192. The second-order valence-corrected chi connectivity index (χ2v) is 7.23. The van der Waals surface area contributed by atoms with E-state index in [0.717, 1.165) is 29.0 Å². The van der Waals surface area contributed by atoms with Crippen molar-refractivity contribution in [3.05, 3.63) is 71.1 Å². The quantitative estimate of drug-likeness (QED) is 0.635. The number of amides is 1. The smallest absolute Gasteiger partial charge is 0.227 e. The van der Waals surface area contributed by atoms with Gasteiger partial charge in [0.05, 0.1) is 7.11 Å². The average Bonchev–Trinajstić information content (AvgIpc) is 3.34. The van der Waals surface area contributed by atoms with E-state index in [1.807, 2.05) is 24.3 Å². The normalized spacial score (nSPS) is 16.4. The molecule has 1 atom stereocenters. The molecule has 150 valence electrons. The molecule has 1 aliphatic rings. The zero-order valence-corrected chi connectivity index (χ0v) is 16.4. The van der Waals surface area contributed by atoms with E-state index in [2.05, 4.69) is 10.1 Å². The van der Waals surface area contributed by atoms with Gasteiger partial charge in [0.2, 0.25) is 11.8 Å². The summed E-state index contributed by atoms with van der Waals surface area (Å²) < 4.78 is 23.9. The monoisotopic (exact) mass is 395 g/mol. The third kappa shape index (κ3) is 4.13. The maximum absolute atomic E-state index is 13.4. The highest BCUT2D eigenvalue weighted by Crippen LogP contribution is 2.32. The van der Waals surface area contributed by atoms with E-state index < -0.39 is 0 Å². The second-order valence-electron chi connectivity index (χ2n) is 7.23. The van der Waals surface area contributed by atoms with E-state index in [-0.39, 0.29) is 17.6 Å². The van der Waals surface area contributed by atoms with Crippen LogP contribution in [0.1, 0.15) is 35.2 Å². The summed E-state index contributed by atoms with van der Waals surface area (Å²) in [4.78, 5) is 18.7. The third-order valence-corrected chi connectivity index (χ3v) is 5.21. The van der Waals surface area contributed by atoms with Crippen LogP contribution < -0.4 is 9.64 Å². The maximum atomic E-state index is 13.4. The molecular weight excluding hydrogens is 373 g/mol. The van der Waals surface area contributed by atoms with Crippen molar-refractivity contribution in [2.45, 2.75) is 32.1 Å². The zero-order chi connectivity index (χ0) is 20.4. The van der Waals surface area contributed by atoms with Gasteiger partial charge in [0.25, 0.3) is 0 Å². The number of hydrogen-bond acceptors (Lipinski definition) is 5. The molecule has 3 aromatic rings. The van der Waals surface area contributed by atoms with Gasteiger partial charge >= 0.3 is 0 Å². The Morgan fingerprint density at radius 3 is 2.72 bits per heavy atom. The van der Waals surface area contributed by atoms with Gasteiger partial charge in [0, 0.05) is 31.0 Å². The number of halogens is 1. The van der Waals surface area contributed by atoms with Crippen LogP contribution in [0.4, 0.5) is 10.1 Å². The number of aryl methyl sites for hydroxylation is 3. The van der Waals surface area contributed by atoms with Gasteiger partial charge in [-0.25, -0.2) is 4.39 Å². The first-order valence-corrected chi connectivity index (χ1v) is 9.55. The summed E-state index contributed by atoms with van der Waals surface area (Å²) >= 11 is 0. The first-order valence-electron chi connectivity index (χ1n) is 9.55. The molecule has 29 heavy (non-hydrogen) atoms. The molecule has 0 saturated carbocycles. The van der Waals surface area contributed by atoms with Crippen molar-refractivity contribution in [1.29, 1.82) is 0 Å². The van der Waals surface area contributed by atoms with Crippen molar-refractivity contribution in [3.63, 3.8) is 0 Å². The maximum Gasteiger partial charge on any atom is 0.227 e. The van der Waals surface area contributed by atoms with Gasteiger partial charge < -0.3 is 14.2 Å². The minimum Gasteiger partial charge on any atom is -0.497 e. The zero-order valence-electron chi connectivity index (χ0n) is 16.4. The van der Waals surface area contributed by atoms with Crippen molar-refractivity contribution < 1.29 is 18.4 Å². The Labute approximate surface area is 168 Å². The summed E-state index contributed by atoms with van der Waals surface area (Å²) in [5.41, 5.74) is 2.61. The Kier molecular flexibility index (Phi) is 5.29. The van der Waals surface area contributed by atoms with Crippen molar-refractivity contribution >= 4 is 11.6 Å². The van der Waals surface area contributed by atoms with Crippen LogP contribution in [-0.2, 0) is 17.6 Å². The molecule has 7 heteroatoms. The summed E-state index contributed by atoms with van der Waals surface area (Å²) in [6, 6.07) is 12.3. The lowest BCUT2D eigenvalue weighted by atomic mass is 10.1. The molecule has 2 aromatic carbocycles. The van der Waals surface area contributed by atoms with E-state index in [1.54, 1.807) is 25.0 Å². The van der Waals surface area contributed by atoms with Crippen LogP contribution >= 0.6 is 0 Å². The highest BCUT2D eigenvalue weighted by Gasteiger charge is 2.35. The number of aromatic nitrogens is 2. The predicted octanol–water partition coefficient (Wildman–Crippen LogP) is 3.83. The van der Waals surface area contributed by atoms with Gasteiger partial charge in [-0.3, -0.25) is 4.79 Å². The molecule has 0 aliphatic carbocycles. The number of carbonyl (C=O) groups is 1. The fourth-order valence-corrected chi connectivity index (χ4v) is 3.61.